The SMILES string of the molecule is CN(C)Cc1cccc(C(=O)N2CCC(C)(CN)C2)c1. The molecule has 4 nitrogen and oxygen atoms in total. The molecule has 1 aromatic carbocycles. The highest BCUT2D eigenvalue weighted by molar-refractivity contribution is 5.94. The van der Waals surface area contributed by atoms with Gasteiger partial charge in [-0.05, 0) is 50.2 Å². The monoisotopic (exact) mass is 275 g/mol. The van der Waals surface area contributed by atoms with Crippen LogP contribution >= 0.6 is 0 Å². The van der Waals surface area contributed by atoms with Crippen LogP contribution in [0.2, 0.25) is 0 Å². The zero-order valence-electron chi connectivity index (χ0n) is 12.7. The first-order valence-electron chi connectivity index (χ1n) is 7.16. The minimum absolute atomic E-state index is 0.0803. The number of carbonyl (C=O) groups excluding carboxylic acids is 1. The number of rotatable bonds is 4. The lowest BCUT2D eigenvalue weighted by molar-refractivity contribution is 0.0776. The van der Waals surface area contributed by atoms with Crippen LogP contribution in [0.5, 0.6) is 0 Å². The van der Waals surface area contributed by atoms with Crippen LogP contribution < -0.4 is 5.73 Å². The predicted octanol–water partition coefficient (Wildman–Crippen LogP) is 1.56. The maximum atomic E-state index is 12.6. The third kappa shape index (κ3) is 3.38. The van der Waals surface area contributed by atoms with Crippen LogP contribution in [0.3, 0.4) is 0 Å². The third-order valence-corrected chi connectivity index (χ3v) is 4.01. The molecule has 0 saturated carbocycles. The van der Waals surface area contributed by atoms with Crippen LogP contribution in [0.15, 0.2) is 24.3 Å². The second kappa shape index (κ2) is 5.94. The molecule has 1 atom stereocenters. The molecule has 1 heterocycles. The summed E-state index contributed by atoms with van der Waals surface area (Å²) in [4.78, 5) is 16.6. The molecule has 1 aliphatic heterocycles. The fourth-order valence-electron chi connectivity index (χ4n) is 2.71. The molecule has 0 aromatic heterocycles. The van der Waals surface area contributed by atoms with Crippen molar-refractivity contribution < 1.29 is 4.79 Å². The quantitative estimate of drug-likeness (QED) is 0.907. The number of nitrogens with zero attached hydrogens (tertiary/aromatic N) is 2. The van der Waals surface area contributed by atoms with Crippen molar-refractivity contribution in [2.75, 3.05) is 33.7 Å². The van der Waals surface area contributed by atoms with E-state index in [2.05, 4.69) is 17.9 Å². The van der Waals surface area contributed by atoms with Gasteiger partial charge in [-0.1, -0.05) is 19.1 Å². The minimum atomic E-state index is 0.0803. The molecule has 1 aliphatic rings. The molecule has 1 fully saturated rings. The van der Waals surface area contributed by atoms with E-state index in [1.807, 2.05) is 37.2 Å². The number of benzene rings is 1. The van der Waals surface area contributed by atoms with Crippen molar-refractivity contribution in [2.24, 2.45) is 11.1 Å². The zero-order chi connectivity index (χ0) is 14.8. The Bertz CT molecular complexity index is 486. The van der Waals surface area contributed by atoms with Gasteiger partial charge >= 0.3 is 0 Å². The van der Waals surface area contributed by atoms with E-state index < -0.39 is 0 Å². The van der Waals surface area contributed by atoms with E-state index in [-0.39, 0.29) is 11.3 Å². The molecule has 2 N–H and O–H groups in total. The molecule has 1 aromatic rings. The summed E-state index contributed by atoms with van der Waals surface area (Å²) in [5.41, 5.74) is 7.84. The molecule has 110 valence electrons. The molecule has 1 unspecified atom stereocenters. The maximum Gasteiger partial charge on any atom is 0.253 e. The Balaban J connectivity index is 2.10. The van der Waals surface area contributed by atoms with Gasteiger partial charge in [0.25, 0.3) is 5.91 Å². The first-order chi connectivity index (χ1) is 9.43. The lowest BCUT2D eigenvalue weighted by atomic mass is 9.90. The predicted molar refractivity (Wildman–Crippen MR) is 81.5 cm³/mol. The molecule has 0 bridgehead atoms. The molecule has 0 spiro atoms. The first kappa shape index (κ1) is 15.0. The van der Waals surface area contributed by atoms with E-state index >= 15 is 0 Å². The summed E-state index contributed by atoms with van der Waals surface area (Å²) >= 11 is 0. The Labute approximate surface area is 121 Å². The second-order valence-corrected chi connectivity index (χ2v) is 6.43. The van der Waals surface area contributed by atoms with Crippen LogP contribution in [0.1, 0.15) is 29.3 Å². The normalized spacial score (nSPS) is 22.6. The van der Waals surface area contributed by atoms with Gasteiger partial charge in [0.05, 0.1) is 0 Å². The molecule has 4 heteroatoms. The highest BCUT2D eigenvalue weighted by Gasteiger charge is 2.35. The molecular formula is C16H25N3O. The number of carbonyl (C=O) groups is 1. The Morgan fingerprint density at radius 3 is 2.80 bits per heavy atom. The van der Waals surface area contributed by atoms with Crippen LogP contribution in [0, 0.1) is 5.41 Å². The van der Waals surface area contributed by atoms with Gasteiger partial charge in [-0.2, -0.15) is 0 Å². The van der Waals surface area contributed by atoms with Crippen molar-refractivity contribution in [1.82, 2.24) is 9.80 Å². The van der Waals surface area contributed by atoms with Gasteiger partial charge in [0, 0.05) is 25.2 Å². The molecule has 0 aliphatic carbocycles. The van der Waals surface area contributed by atoms with E-state index in [0.29, 0.717) is 6.54 Å². The van der Waals surface area contributed by atoms with Crippen LogP contribution in [0.4, 0.5) is 0 Å². The zero-order valence-corrected chi connectivity index (χ0v) is 12.7. The van der Waals surface area contributed by atoms with Gasteiger partial charge in [-0.15, -0.1) is 0 Å². The summed E-state index contributed by atoms with van der Waals surface area (Å²) in [5.74, 6) is 0.128. The van der Waals surface area contributed by atoms with Crippen LogP contribution in [0.25, 0.3) is 0 Å². The van der Waals surface area contributed by atoms with Gasteiger partial charge in [-0.25, -0.2) is 0 Å². The van der Waals surface area contributed by atoms with Gasteiger partial charge in [0.15, 0.2) is 0 Å². The first-order valence-corrected chi connectivity index (χ1v) is 7.16. The summed E-state index contributed by atoms with van der Waals surface area (Å²) in [6, 6.07) is 7.93. The Kier molecular flexibility index (Phi) is 4.45. The number of hydrogen-bond acceptors (Lipinski definition) is 3. The molecule has 1 amide bonds. The van der Waals surface area contributed by atoms with Gasteiger partial charge in [0.1, 0.15) is 0 Å². The highest BCUT2D eigenvalue weighted by atomic mass is 16.2. The van der Waals surface area contributed by atoms with Crippen molar-refractivity contribution in [3.63, 3.8) is 0 Å². The Morgan fingerprint density at radius 2 is 2.20 bits per heavy atom. The van der Waals surface area contributed by atoms with Crippen molar-refractivity contribution in [2.45, 2.75) is 19.9 Å². The largest absolute Gasteiger partial charge is 0.338 e. The molecule has 20 heavy (non-hydrogen) atoms. The summed E-state index contributed by atoms with van der Waals surface area (Å²) in [6.45, 7) is 5.21. The van der Waals surface area contributed by atoms with Crippen LogP contribution in [-0.2, 0) is 6.54 Å². The highest BCUT2D eigenvalue weighted by Crippen LogP contribution is 2.29. The number of amides is 1. The number of hydrogen-bond donors (Lipinski definition) is 1. The summed E-state index contributed by atoms with van der Waals surface area (Å²) in [7, 11) is 4.06. The smallest absolute Gasteiger partial charge is 0.253 e. The van der Waals surface area contributed by atoms with Crippen molar-refractivity contribution in [3.8, 4) is 0 Å². The van der Waals surface area contributed by atoms with E-state index in [9.17, 15) is 4.79 Å². The second-order valence-electron chi connectivity index (χ2n) is 6.43. The summed E-state index contributed by atoms with van der Waals surface area (Å²) in [5, 5.41) is 0. The minimum Gasteiger partial charge on any atom is -0.338 e. The third-order valence-electron chi connectivity index (χ3n) is 4.01. The van der Waals surface area contributed by atoms with Gasteiger partial charge in [0.2, 0.25) is 0 Å². The van der Waals surface area contributed by atoms with Crippen LogP contribution in [-0.4, -0.2) is 49.4 Å². The standard InChI is InChI=1S/C16H25N3O/c1-16(11-17)7-8-19(12-16)15(20)14-6-4-5-13(9-14)10-18(2)3/h4-6,9H,7-8,10-12,17H2,1-3H3. The average Bonchev–Trinajstić information content (AvgIpc) is 2.81. The number of nitrogens with two attached hydrogens (primary N) is 1. The maximum absolute atomic E-state index is 12.6. The lowest BCUT2D eigenvalue weighted by Crippen LogP contribution is -2.34. The summed E-state index contributed by atoms with van der Waals surface area (Å²) < 4.78 is 0. The fourth-order valence-corrected chi connectivity index (χ4v) is 2.71. The van der Waals surface area contributed by atoms with Crippen molar-refractivity contribution in [1.29, 1.82) is 0 Å². The Morgan fingerprint density at radius 1 is 1.45 bits per heavy atom. The molecular weight excluding hydrogens is 250 g/mol. The van der Waals surface area contributed by atoms with Gasteiger partial charge in [-0.3, -0.25) is 4.79 Å². The van der Waals surface area contributed by atoms with E-state index in [1.165, 1.54) is 5.56 Å². The van der Waals surface area contributed by atoms with Gasteiger partial charge < -0.3 is 15.5 Å². The van der Waals surface area contributed by atoms with E-state index in [0.717, 1.165) is 31.6 Å². The Hall–Kier alpha value is -1.39. The summed E-state index contributed by atoms with van der Waals surface area (Å²) in [6.07, 6.45) is 0.993. The fraction of sp³-hybridized carbons (Fsp3) is 0.562. The molecule has 2 rings (SSSR count). The molecule has 1 saturated heterocycles. The topological polar surface area (TPSA) is 49.6 Å². The van der Waals surface area contributed by atoms with E-state index in [4.69, 9.17) is 5.73 Å². The van der Waals surface area contributed by atoms with Crippen molar-refractivity contribution in [3.05, 3.63) is 35.4 Å². The number of likely N-dealkylation sites (tertiary alicyclic amines) is 1. The molecule has 0 radical (unpaired) electrons. The lowest BCUT2D eigenvalue weighted by Gasteiger charge is -2.22. The van der Waals surface area contributed by atoms with E-state index in [1.54, 1.807) is 0 Å². The van der Waals surface area contributed by atoms with Crippen molar-refractivity contribution >= 4 is 5.91 Å². The average molecular weight is 275 g/mol.